The van der Waals surface area contributed by atoms with Crippen molar-refractivity contribution < 1.29 is 28.6 Å². The van der Waals surface area contributed by atoms with Gasteiger partial charge < -0.3 is 14.2 Å². The van der Waals surface area contributed by atoms with E-state index in [1.165, 1.54) is 135 Å². The van der Waals surface area contributed by atoms with Gasteiger partial charge in [0.2, 0.25) is 0 Å². The van der Waals surface area contributed by atoms with Crippen LogP contribution in [0.2, 0.25) is 0 Å². The normalized spacial score (nSPS) is 12.5. The fraction of sp³-hybridized carbons (Fsp3) is 0.776. The van der Waals surface area contributed by atoms with Crippen molar-refractivity contribution in [1.82, 2.24) is 0 Å². The molecule has 1 atom stereocenters. The molecule has 0 aliphatic heterocycles. The molecule has 0 aromatic carbocycles. The van der Waals surface area contributed by atoms with Gasteiger partial charge in [-0.3, -0.25) is 14.4 Å². The zero-order valence-electron chi connectivity index (χ0n) is 42.3. The van der Waals surface area contributed by atoms with Crippen LogP contribution in [-0.2, 0) is 28.6 Å². The maximum absolute atomic E-state index is 12.8. The highest BCUT2D eigenvalue weighted by atomic mass is 16.6. The van der Waals surface area contributed by atoms with E-state index in [1.54, 1.807) is 0 Å². The van der Waals surface area contributed by atoms with Gasteiger partial charge in [-0.15, -0.1) is 0 Å². The smallest absolute Gasteiger partial charge is 0.306 e. The predicted molar refractivity (Wildman–Crippen MR) is 275 cm³/mol. The van der Waals surface area contributed by atoms with Crippen LogP contribution in [0.15, 0.2) is 60.8 Å². The summed E-state index contributed by atoms with van der Waals surface area (Å²) in [6.07, 6.45) is 64.9. The number of esters is 3. The van der Waals surface area contributed by atoms with Gasteiger partial charge in [0.25, 0.3) is 0 Å². The van der Waals surface area contributed by atoms with Crippen LogP contribution in [0.3, 0.4) is 0 Å². The molecule has 0 aliphatic rings. The van der Waals surface area contributed by atoms with Crippen molar-refractivity contribution in [2.75, 3.05) is 13.2 Å². The van der Waals surface area contributed by atoms with Crippen molar-refractivity contribution in [3.8, 4) is 0 Å². The van der Waals surface area contributed by atoms with Crippen LogP contribution >= 0.6 is 0 Å². The van der Waals surface area contributed by atoms with Crippen molar-refractivity contribution in [2.45, 2.75) is 277 Å². The average Bonchev–Trinajstić information content (AvgIpc) is 3.29. The molecule has 0 aromatic rings. The third-order valence-electron chi connectivity index (χ3n) is 11.7. The van der Waals surface area contributed by atoms with Crippen LogP contribution in [0.5, 0.6) is 0 Å². The van der Waals surface area contributed by atoms with Crippen LogP contribution in [0.1, 0.15) is 271 Å². The lowest BCUT2D eigenvalue weighted by atomic mass is 10.1. The van der Waals surface area contributed by atoms with Gasteiger partial charge in [-0.05, 0) is 103 Å². The average molecular weight is 895 g/mol. The first-order valence-electron chi connectivity index (χ1n) is 27.3. The molecule has 0 spiro atoms. The van der Waals surface area contributed by atoms with E-state index < -0.39 is 6.10 Å². The zero-order valence-corrected chi connectivity index (χ0v) is 42.3. The molecule has 0 N–H and O–H groups in total. The Morgan fingerprint density at radius 3 is 0.938 bits per heavy atom. The van der Waals surface area contributed by atoms with Gasteiger partial charge in [-0.1, -0.05) is 210 Å². The minimum Gasteiger partial charge on any atom is -0.462 e. The molecule has 64 heavy (non-hydrogen) atoms. The predicted octanol–water partition coefficient (Wildman–Crippen LogP) is 18.0. The van der Waals surface area contributed by atoms with Crippen molar-refractivity contribution in [3.05, 3.63) is 60.8 Å². The van der Waals surface area contributed by atoms with Gasteiger partial charge in [0.1, 0.15) is 13.2 Å². The molecule has 0 amide bonds. The fourth-order valence-electron chi connectivity index (χ4n) is 7.56. The minimum atomic E-state index is -0.784. The molecule has 1 unspecified atom stereocenters. The number of unbranched alkanes of at least 4 members (excludes halogenated alkanes) is 28. The Balaban J connectivity index is 4.35. The molecule has 0 saturated heterocycles. The lowest BCUT2D eigenvalue weighted by Gasteiger charge is -2.18. The first-order chi connectivity index (χ1) is 31.5. The molecule has 0 fully saturated rings. The van der Waals surface area contributed by atoms with E-state index in [4.69, 9.17) is 14.2 Å². The molecule has 6 heteroatoms. The summed E-state index contributed by atoms with van der Waals surface area (Å²) in [5.41, 5.74) is 0. The van der Waals surface area contributed by atoms with Gasteiger partial charge in [0, 0.05) is 19.3 Å². The van der Waals surface area contributed by atoms with E-state index >= 15 is 0 Å². The van der Waals surface area contributed by atoms with Gasteiger partial charge >= 0.3 is 17.9 Å². The number of ether oxygens (including phenoxy) is 3. The van der Waals surface area contributed by atoms with Crippen LogP contribution in [0.4, 0.5) is 0 Å². The molecular formula is C58H102O6. The number of rotatable bonds is 49. The maximum Gasteiger partial charge on any atom is 0.306 e. The summed E-state index contributed by atoms with van der Waals surface area (Å²) in [4.78, 5) is 38.0. The summed E-state index contributed by atoms with van der Waals surface area (Å²) in [5.74, 6) is -0.904. The first kappa shape index (κ1) is 61.1. The summed E-state index contributed by atoms with van der Waals surface area (Å²) in [6.45, 7) is 6.54. The molecule has 0 rings (SSSR count). The third kappa shape index (κ3) is 50.1. The molecule has 0 saturated carbocycles. The molecule has 0 radical (unpaired) electrons. The van der Waals surface area contributed by atoms with Crippen LogP contribution < -0.4 is 0 Å². The summed E-state index contributed by atoms with van der Waals surface area (Å²) >= 11 is 0. The Kier molecular flexibility index (Phi) is 50.4. The number of carbonyl (C=O) groups excluding carboxylic acids is 3. The van der Waals surface area contributed by atoms with Gasteiger partial charge in [-0.25, -0.2) is 0 Å². The van der Waals surface area contributed by atoms with E-state index in [2.05, 4.69) is 81.5 Å². The highest BCUT2D eigenvalue weighted by Crippen LogP contribution is 2.14. The molecule has 0 aliphatic carbocycles. The topological polar surface area (TPSA) is 78.9 Å². The fourth-order valence-corrected chi connectivity index (χ4v) is 7.56. The van der Waals surface area contributed by atoms with Crippen molar-refractivity contribution in [2.24, 2.45) is 0 Å². The van der Waals surface area contributed by atoms with Crippen molar-refractivity contribution in [1.29, 1.82) is 0 Å². The summed E-state index contributed by atoms with van der Waals surface area (Å²) in [5, 5.41) is 0. The summed E-state index contributed by atoms with van der Waals surface area (Å²) in [7, 11) is 0. The van der Waals surface area contributed by atoms with Gasteiger partial charge in [-0.2, -0.15) is 0 Å². The van der Waals surface area contributed by atoms with Crippen molar-refractivity contribution in [3.63, 3.8) is 0 Å². The molecule has 0 aromatic heterocycles. The summed E-state index contributed by atoms with van der Waals surface area (Å²) in [6, 6.07) is 0. The standard InChI is InChI=1S/C58H102O6/c1-4-7-10-13-16-19-22-24-26-28-30-32-34-36-39-42-45-48-51-57(60)63-54-55(53-62-56(59)50-47-44-41-38-21-18-15-12-9-6-3)64-58(61)52-49-46-43-40-37-35-33-31-29-27-25-23-20-17-14-11-8-5-2/h12,15,19-20,22-23,26-29,55H,4-11,13-14,16-18,21,24-25,30-54H2,1-3H3/b15-12-,22-19-,23-20-,28-26-,29-27-. The quantitative estimate of drug-likeness (QED) is 0.0262. The van der Waals surface area contributed by atoms with Gasteiger partial charge in [0.05, 0.1) is 0 Å². The Morgan fingerprint density at radius 1 is 0.312 bits per heavy atom. The Labute approximate surface area is 396 Å². The Hall–Kier alpha value is -2.89. The molecule has 370 valence electrons. The first-order valence-corrected chi connectivity index (χ1v) is 27.3. The highest BCUT2D eigenvalue weighted by Gasteiger charge is 2.19. The second-order valence-corrected chi connectivity index (χ2v) is 18.1. The van der Waals surface area contributed by atoms with Crippen LogP contribution in [0.25, 0.3) is 0 Å². The largest absolute Gasteiger partial charge is 0.462 e. The number of hydrogen-bond acceptors (Lipinski definition) is 6. The van der Waals surface area contributed by atoms with E-state index in [9.17, 15) is 14.4 Å². The molecular weight excluding hydrogens is 793 g/mol. The SMILES string of the molecule is CCC/C=C\CCCCCCCC(=O)OCC(COC(=O)CCCCCCCCC/C=C\C/C=C\CCCCCC)OC(=O)CCCCCCCCC/C=C\C/C=C\CCCCCC. The Morgan fingerprint density at radius 2 is 0.594 bits per heavy atom. The minimum absolute atomic E-state index is 0.0840. The maximum atomic E-state index is 12.8. The highest BCUT2D eigenvalue weighted by molar-refractivity contribution is 5.71. The Bertz CT molecular complexity index is 1170. The van der Waals surface area contributed by atoms with E-state index in [-0.39, 0.29) is 31.1 Å². The van der Waals surface area contributed by atoms with E-state index in [0.717, 1.165) is 96.3 Å². The molecule has 6 nitrogen and oxygen atoms in total. The summed E-state index contributed by atoms with van der Waals surface area (Å²) < 4.78 is 16.8. The number of hydrogen-bond donors (Lipinski definition) is 0. The van der Waals surface area contributed by atoms with Crippen LogP contribution in [0, 0.1) is 0 Å². The zero-order chi connectivity index (χ0) is 46.5. The van der Waals surface area contributed by atoms with Gasteiger partial charge in [0.15, 0.2) is 6.10 Å². The number of allylic oxidation sites excluding steroid dienone is 10. The number of carbonyl (C=O) groups is 3. The lowest BCUT2D eigenvalue weighted by molar-refractivity contribution is -0.167. The second kappa shape index (κ2) is 52.7. The lowest BCUT2D eigenvalue weighted by Crippen LogP contribution is -2.30. The van der Waals surface area contributed by atoms with Crippen LogP contribution in [-0.4, -0.2) is 37.2 Å². The third-order valence-corrected chi connectivity index (χ3v) is 11.7. The van der Waals surface area contributed by atoms with Crippen molar-refractivity contribution >= 4 is 17.9 Å². The molecule has 0 heterocycles. The van der Waals surface area contributed by atoms with E-state index in [0.29, 0.717) is 19.3 Å². The molecule has 0 bridgehead atoms. The second-order valence-electron chi connectivity index (χ2n) is 18.1. The van der Waals surface area contributed by atoms with E-state index in [1.807, 2.05) is 0 Å². The monoisotopic (exact) mass is 895 g/mol.